The predicted molar refractivity (Wildman–Crippen MR) is 78.7 cm³/mol. The number of carbonyl (C=O) groups is 1. The van der Waals surface area contributed by atoms with Gasteiger partial charge in [-0.05, 0) is 18.6 Å². The van der Waals surface area contributed by atoms with E-state index in [1.54, 1.807) is 18.3 Å². The van der Waals surface area contributed by atoms with E-state index >= 15 is 0 Å². The highest BCUT2D eigenvalue weighted by Gasteiger charge is 2.03. The number of nitrogens with one attached hydrogen (secondary N) is 1. The summed E-state index contributed by atoms with van der Waals surface area (Å²) in [6, 6.07) is 3.56. The van der Waals surface area contributed by atoms with E-state index in [2.05, 4.69) is 17.2 Å². The second-order valence-electron chi connectivity index (χ2n) is 4.88. The average Bonchev–Trinajstić information content (AvgIpc) is 2.40. The fourth-order valence-corrected chi connectivity index (χ4v) is 1.90. The topological polar surface area (TPSA) is 68.0 Å². The summed E-state index contributed by atoms with van der Waals surface area (Å²) < 4.78 is 0. The lowest BCUT2D eigenvalue weighted by molar-refractivity contribution is -0.120. The number of nitrogen functional groups attached to an aromatic ring is 1. The maximum Gasteiger partial charge on any atom is 0.226 e. The molecule has 0 aliphatic rings. The van der Waals surface area contributed by atoms with Crippen LogP contribution in [0.15, 0.2) is 18.3 Å². The maximum absolute atomic E-state index is 11.7. The normalized spacial score (nSPS) is 10.4. The van der Waals surface area contributed by atoms with Crippen LogP contribution >= 0.6 is 0 Å². The first-order chi connectivity index (χ1) is 9.22. The minimum Gasteiger partial charge on any atom is -0.397 e. The molecule has 0 atom stereocenters. The molecule has 0 spiro atoms. The lowest BCUT2D eigenvalue weighted by Crippen LogP contribution is -2.26. The maximum atomic E-state index is 11.7. The van der Waals surface area contributed by atoms with Crippen molar-refractivity contribution in [2.45, 2.75) is 51.9 Å². The van der Waals surface area contributed by atoms with Crippen LogP contribution in [0, 0.1) is 0 Å². The van der Waals surface area contributed by atoms with Crippen molar-refractivity contribution < 1.29 is 4.79 Å². The van der Waals surface area contributed by atoms with Crippen LogP contribution in [-0.2, 0) is 11.2 Å². The number of amides is 1. The molecule has 0 aromatic carbocycles. The third-order valence-corrected chi connectivity index (χ3v) is 3.04. The van der Waals surface area contributed by atoms with Gasteiger partial charge in [0, 0.05) is 12.2 Å². The standard InChI is InChI=1S/C15H25N3O/c1-2-3-4-5-6-7-10-17-15(19)11-14-9-8-13(16)12-18-14/h8-9,12H,2-7,10-11,16H2,1H3,(H,17,19). The van der Waals surface area contributed by atoms with E-state index in [4.69, 9.17) is 5.73 Å². The Kier molecular flexibility index (Phi) is 7.63. The molecule has 4 heteroatoms. The number of nitrogens with zero attached hydrogens (tertiary/aromatic N) is 1. The zero-order valence-electron chi connectivity index (χ0n) is 11.8. The number of nitrogens with two attached hydrogens (primary N) is 1. The van der Waals surface area contributed by atoms with Crippen LogP contribution in [0.25, 0.3) is 0 Å². The van der Waals surface area contributed by atoms with E-state index in [0.29, 0.717) is 12.1 Å². The van der Waals surface area contributed by atoms with Gasteiger partial charge in [-0.3, -0.25) is 9.78 Å². The number of pyridine rings is 1. The summed E-state index contributed by atoms with van der Waals surface area (Å²) >= 11 is 0. The van der Waals surface area contributed by atoms with Gasteiger partial charge in [0.1, 0.15) is 0 Å². The van der Waals surface area contributed by atoms with Gasteiger partial charge in [-0.2, -0.15) is 0 Å². The highest BCUT2D eigenvalue weighted by atomic mass is 16.1. The van der Waals surface area contributed by atoms with Crippen molar-refractivity contribution in [1.29, 1.82) is 0 Å². The lowest BCUT2D eigenvalue weighted by atomic mass is 10.1. The second-order valence-corrected chi connectivity index (χ2v) is 4.88. The van der Waals surface area contributed by atoms with Gasteiger partial charge in [-0.25, -0.2) is 0 Å². The van der Waals surface area contributed by atoms with Gasteiger partial charge in [0.15, 0.2) is 0 Å². The van der Waals surface area contributed by atoms with Crippen LogP contribution in [-0.4, -0.2) is 17.4 Å². The molecule has 0 radical (unpaired) electrons. The highest BCUT2D eigenvalue weighted by molar-refractivity contribution is 5.78. The summed E-state index contributed by atoms with van der Waals surface area (Å²) in [5.74, 6) is 0.0332. The van der Waals surface area contributed by atoms with E-state index in [1.807, 2.05) is 0 Å². The molecule has 4 nitrogen and oxygen atoms in total. The number of hydrogen-bond donors (Lipinski definition) is 2. The van der Waals surface area contributed by atoms with Crippen molar-refractivity contribution in [3.05, 3.63) is 24.0 Å². The molecule has 0 aliphatic heterocycles. The van der Waals surface area contributed by atoms with Crippen molar-refractivity contribution >= 4 is 11.6 Å². The molecule has 1 heterocycles. The molecule has 3 N–H and O–H groups in total. The van der Waals surface area contributed by atoms with E-state index in [9.17, 15) is 4.79 Å². The smallest absolute Gasteiger partial charge is 0.226 e. The second kappa shape index (κ2) is 9.36. The monoisotopic (exact) mass is 263 g/mol. The summed E-state index contributed by atoms with van der Waals surface area (Å²) in [6.45, 7) is 2.98. The molecule has 0 bridgehead atoms. The summed E-state index contributed by atoms with van der Waals surface area (Å²) in [6.07, 6.45) is 9.32. The fourth-order valence-electron chi connectivity index (χ4n) is 1.90. The summed E-state index contributed by atoms with van der Waals surface area (Å²) in [4.78, 5) is 15.8. The SMILES string of the molecule is CCCCCCCCNC(=O)Cc1ccc(N)cn1. The summed E-state index contributed by atoms with van der Waals surface area (Å²) in [5, 5.41) is 2.93. The van der Waals surface area contributed by atoms with Crippen molar-refractivity contribution in [2.75, 3.05) is 12.3 Å². The first kappa shape index (κ1) is 15.5. The molecule has 19 heavy (non-hydrogen) atoms. The van der Waals surface area contributed by atoms with Crippen molar-refractivity contribution in [1.82, 2.24) is 10.3 Å². The summed E-state index contributed by atoms with van der Waals surface area (Å²) in [7, 11) is 0. The van der Waals surface area contributed by atoms with Gasteiger partial charge in [0.25, 0.3) is 0 Å². The van der Waals surface area contributed by atoms with E-state index in [-0.39, 0.29) is 5.91 Å². The number of hydrogen-bond acceptors (Lipinski definition) is 3. The molecule has 0 aliphatic carbocycles. The van der Waals surface area contributed by atoms with Crippen LogP contribution in [0.5, 0.6) is 0 Å². The number of rotatable bonds is 9. The third kappa shape index (κ3) is 7.44. The Bertz CT molecular complexity index is 362. The van der Waals surface area contributed by atoms with Crippen LogP contribution in [0.2, 0.25) is 0 Å². The van der Waals surface area contributed by atoms with E-state index in [1.165, 1.54) is 32.1 Å². The predicted octanol–water partition coefficient (Wildman–Crippen LogP) is 2.68. The Hall–Kier alpha value is -1.58. The van der Waals surface area contributed by atoms with Gasteiger partial charge in [0.2, 0.25) is 5.91 Å². The lowest BCUT2D eigenvalue weighted by Gasteiger charge is -2.05. The molecule has 0 saturated heterocycles. The Morgan fingerprint density at radius 2 is 1.95 bits per heavy atom. The Labute approximate surface area is 115 Å². The minimum absolute atomic E-state index is 0.0332. The van der Waals surface area contributed by atoms with Gasteiger partial charge in [-0.1, -0.05) is 39.0 Å². The van der Waals surface area contributed by atoms with Crippen molar-refractivity contribution in [3.63, 3.8) is 0 Å². The van der Waals surface area contributed by atoms with Crippen molar-refractivity contribution in [3.8, 4) is 0 Å². The number of aromatic nitrogens is 1. The van der Waals surface area contributed by atoms with E-state index in [0.717, 1.165) is 18.7 Å². The number of carbonyl (C=O) groups excluding carboxylic acids is 1. The zero-order valence-corrected chi connectivity index (χ0v) is 11.8. The molecule has 106 valence electrons. The van der Waals surface area contributed by atoms with Crippen LogP contribution < -0.4 is 11.1 Å². The third-order valence-electron chi connectivity index (χ3n) is 3.04. The molecule has 1 amide bonds. The zero-order chi connectivity index (χ0) is 13.9. The Morgan fingerprint density at radius 1 is 1.21 bits per heavy atom. The first-order valence-corrected chi connectivity index (χ1v) is 7.19. The van der Waals surface area contributed by atoms with Crippen LogP contribution in [0.3, 0.4) is 0 Å². The van der Waals surface area contributed by atoms with Gasteiger partial charge < -0.3 is 11.1 Å². The number of anilines is 1. The minimum atomic E-state index is 0.0332. The molecule has 1 aromatic heterocycles. The first-order valence-electron chi connectivity index (χ1n) is 7.19. The fraction of sp³-hybridized carbons (Fsp3) is 0.600. The van der Waals surface area contributed by atoms with Gasteiger partial charge in [-0.15, -0.1) is 0 Å². The average molecular weight is 263 g/mol. The molecular weight excluding hydrogens is 238 g/mol. The Balaban J connectivity index is 2.06. The van der Waals surface area contributed by atoms with E-state index < -0.39 is 0 Å². The summed E-state index contributed by atoms with van der Waals surface area (Å²) in [5.41, 5.74) is 6.92. The molecule has 0 unspecified atom stereocenters. The van der Waals surface area contributed by atoms with Gasteiger partial charge >= 0.3 is 0 Å². The molecular formula is C15H25N3O. The largest absolute Gasteiger partial charge is 0.397 e. The molecule has 1 rings (SSSR count). The van der Waals surface area contributed by atoms with Crippen molar-refractivity contribution in [2.24, 2.45) is 0 Å². The molecule has 0 fully saturated rings. The number of unbranched alkanes of at least 4 members (excludes halogenated alkanes) is 5. The molecule has 1 aromatic rings. The Morgan fingerprint density at radius 3 is 2.63 bits per heavy atom. The highest BCUT2D eigenvalue weighted by Crippen LogP contribution is 2.04. The van der Waals surface area contributed by atoms with Crippen LogP contribution in [0.1, 0.15) is 51.1 Å². The quantitative estimate of drug-likeness (QED) is 0.673. The van der Waals surface area contributed by atoms with Gasteiger partial charge in [0.05, 0.1) is 18.3 Å². The molecule has 0 saturated carbocycles. The van der Waals surface area contributed by atoms with Crippen LogP contribution in [0.4, 0.5) is 5.69 Å².